The molecular formula is C19H26N4O3S. The minimum absolute atomic E-state index is 0.0235. The number of carbonyl (C=O) groups excluding carboxylic acids is 1. The summed E-state index contributed by atoms with van der Waals surface area (Å²) in [4.78, 5) is 16.4. The van der Waals surface area contributed by atoms with Gasteiger partial charge in [0.05, 0.1) is 11.4 Å². The topological polar surface area (TPSA) is 84.3 Å². The van der Waals surface area contributed by atoms with Crippen molar-refractivity contribution in [1.82, 2.24) is 14.9 Å². The van der Waals surface area contributed by atoms with E-state index in [4.69, 9.17) is 0 Å². The van der Waals surface area contributed by atoms with E-state index in [-0.39, 0.29) is 11.7 Å². The van der Waals surface area contributed by atoms with E-state index in [0.29, 0.717) is 44.1 Å². The zero-order valence-corrected chi connectivity index (χ0v) is 16.6. The third kappa shape index (κ3) is 4.68. The molecule has 8 heteroatoms. The number of rotatable bonds is 7. The van der Waals surface area contributed by atoms with Crippen LogP contribution in [0.25, 0.3) is 0 Å². The lowest BCUT2D eigenvalue weighted by Crippen LogP contribution is -2.25. The third-order valence-corrected chi connectivity index (χ3v) is 6.53. The molecule has 0 aliphatic carbocycles. The van der Waals surface area contributed by atoms with Gasteiger partial charge in [0, 0.05) is 44.4 Å². The molecule has 0 spiro atoms. The molecule has 1 aromatic heterocycles. The highest BCUT2D eigenvalue weighted by Gasteiger charge is 2.28. The molecule has 1 N–H and O–H groups in total. The van der Waals surface area contributed by atoms with Crippen LogP contribution in [0.5, 0.6) is 0 Å². The summed E-state index contributed by atoms with van der Waals surface area (Å²) in [5.41, 5.74) is 1.62. The molecule has 1 amide bonds. The number of hydrogen-bond donors (Lipinski definition) is 1. The Labute approximate surface area is 160 Å². The minimum Gasteiger partial charge on any atom is -0.352 e. The third-order valence-electron chi connectivity index (χ3n) is 4.66. The summed E-state index contributed by atoms with van der Waals surface area (Å²) in [6.45, 7) is 5.72. The van der Waals surface area contributed by atoms with Crippen molar-refractivity contribution >= 4 is 21.6 Å². The average molecular weight is 391 g/mol. The van der Waals surface area contributed by atoms with Crippen LogP contribution in [0.3, 0.4) is 0 Å². The van der Waals surface area contributed by atoms with E-state index < -0.39 is 10.0 Å². The van der Waals surface area contributed by atoms with Gasteiger partial charge in [-0.15, -0.1) is 0 Å². The molecule has 27 heavy (non-hydrogen) atoms. The highest BCUT2D eigenvalue weighted by atomic mass is 32.2. The first-order valence-corrected chi connectivity index (χ1v) is 10.8. The van der Waals surface area contributed by atoms with E-state index in [2.05, 4.69) is 24.1 Å². The van der Waals surface area contributed by atoms with Crippen LogP contribution in [0, 0.1) is 0 Å². The standard InChI is InChI=1S/C19H26N4O3S/c1-15(2)19-20-9-12-22(19)11-8-18(24)21-14-16-4-6-17(7-5-16)23-10-3-13-27(23,25)26/h4-7,9,12,15H,3,8,10-11,13-14H2,1-2H3,(H,21,24). The van der Waals surface area contributed by atoms with Gasteiger partial charge in [0.15, 0.2) is 0 Å². The van der Waals surface area contributed by atoms with Gasteiger partial charge in [-0.2, -0.15) is 0 Å². The smallest absolute Gasteiger partial charge is 0.235 e. The van der Waals surface area contributed by atoms with Crippen LogP contribution in [0.15, 0.2) is 36.7 Å². The number of sulfonamides is 1. The first-order valence-electron chi connectivity index (χ1n) is 9.24. The molecule has 2 aromatic rings. The zero-order chi connectivity index (χ0) is 19.4. The number of amides is 1. The van der Waals surface area contributed by atoms with Gasteiger partial charge in [0.2, 0.25) is 15.9 Å². The molecule has 0 saturated carbocycles. The Morgan fingerprint density at radius 1 is 1.26 bits per heavy atom. The van der Waals surface area contributed by atoms with Crippen molar-refractivity contribution in [1.29, 1.82) is 0 Å². The summed E-state index contributed by atoms with van der Waals surface area (Å²) in [6, 6.07) is 7.31. The van der Waals surface area contributed by atoms with E-state index in [1.165, 1.54) is 4.31 Å². The maximum absolute atomic E-state index is 12.1. The van der Waals surface area contributed by atoms with Crippen molar-refractivity contribution in [3.63, 3.8) is 0 Å². The van der Waals surface area contributed by atoms with Crippen molar-refractivity contribution < 1.29 is 13.2 Å². The van der Waals surface area contributed by atoms with Crippen LogP contribution in [0.4, 0.5) is 5.69 Å². The molecule has 0 bridgehead atoms. The van der Waals surface area contributed by atoms with Gasteiger partial charge in [-0.1, -0.05) is 26.0 Å². The molecule has 1 fully saturated rings. The fourth-order valence-electron chi connectivity index (χ4n) is 3.23. The lowest BCUT2D eigenvalue weighted by atomic mass is 10.2. The van der Waals surface area contributed by atoms with Crippen molar-refractivity contribution in [3.05, 3.63) is 48.0 Å². The Morgan fingerprint density at radius 3 is 2.63 bits per heavy atom. The number of hydrogen-bond acceptors (Lipinski definition) is 4. The number of imidazole rings is 1. The summed E-state index contributed by atoms with van der Waals surface area (Å²) in [6.07, 6.45) is 4.71. The maximum Gasteiger partial charge on any atom is 0.235 e. The number of nitrogens with one attached hydrogen (secondary N) is 1. The molecule has 1 aliphatic heterocycles. The van der Waals surface area contributed by atoms with Crippen molar-refractivity contribution in [2.24, 2.45) is 0 Å². The second kappa shape index (κ2) is 8.12. The van der Waals surface area contributed by atoms with Gasteiger partial charge >= 0.3 is 0 Å². The summed E-state index contributed by atoms with van der Waals surface area (Å²) >= 11 is 0. The molecule has 1 aromatic carbocycles. The van der Waals surface area contributed by atoms with Crippen molar-refractivity contribution in [3.8, 4) is 0 Å². The predicted octanol–water partition coefficient (Wildman–Crippen LogP) is 2.25. The molecule has 1 aliphatic rings. The van der Waals surface area contributed by atoms with Crippen LogP contribution < -0.4 is 9.62 Å². The van der Waals surface area contributed by atoms with Gasteiger partial charge in [-0.25, -0.2) is 13.4 Å². The average Bonchev–Trinajstić information content (AvgIpc) is 3.24. The van der Waals surface area contributed by atoms with Crippen LogP contribution >= 0.6 is 0 Å². The molecule has 0 radical (unpaired) electrons. The fraction of sp³-hybridized carbons (Fsp3) is 0.474. The molecular weight excluding hydrogens is 364 g/mol. The molecule has 3 rings (SSSR count). The summed E-state index contributed by atoms with van der Waals surface area (Å²) in [7, 11) is -3.16. The summed E-state index contributed by atoms with van der Waals surface area (Å²) < 4.78 is 27.4. The van der Waals surface area contributed by atoms with Crippen LogP contribution in [-0.4, -0.2) is 36.2 Å². The first-order chi connectivity index (χ1) is 12.9. The number of aromatic nitrogens is 2. The van der Waals surface area contributed by atoms with E-state index >= 15 is 0 Å². The molecule has 1 saturated heterocycles. The number of benzene rings is 1. The van der Waals surface area contributed by atoms with E-state index in [1.54, 1.807) is 18.3 Å². The van der Waals surface area contributed by atoms with E-state index in [0.717, 1.165) is 11.4 Å². The first kappa shape index (κ1) is 19.4. The second-order valence-electron chi connectivity index (χ2n) is 7.07. The van der Waals surface area contributed by atoms with Gasteiger partial charge in [0.1, 0.15) is 5.82 Å². The monoisotopic (exact) mass is 390 g/mol. The Hall–Kier alpha value is -2.35. The van der Waals surface area contributed by atoms with Crippen molar-refractivity contribution in [2.75, 3.05) is 16.6 Å². The van der Waals surface area contributed by atoms with Crippen LogP contribution in [-0.2, 0) is 27.9 Å². The lowest BCUT2D eigenvalue weighted by molar-refractivity contribution is -0.121. The van der Waals surface area contributed by atoms with Gasteiger partial charge in [0.25, 0.3) is 0 Å². The normalized spacial score (nSPS) is 16.0. The van der Waals surface area contributed by atoms with Crippen LogP contribution in [0.2, 0.25) is 0 Å². The van der Waals surface area contributed by atoms with E-state index in [1.807, 2.05) is 22.9 Å². The van der Waals surface area contributed by atoms with E-state index in [9.17, 15) is 13.2 Å². The van der Waals surface area contributed by atoms with Gasteiger partial charge in [-0.05, 0) is 24.1 Å². The second-order valence-corrected chi connectivity index (χ2v) is 9.08. The highest BCUT2D eigenvalue weighted by Crippen LogP contribution is 2.24. The fourth-order valence-corrected chi connectivity index (χ4v) is 4.80. The molecule has 0 unspecified atom stereocenters. The SMILES string of the molecule is CC(C)c1nccn1CCC(=O)NCc1ccc(N2CCCS2(=O)=O)cc1. The van der Waals surface area contributed by atoms with Crippen molar-refractivity contribution in [2.45, 2.75) is 45.7 Å². The number of anilines is 1. The summed E-state index contributed by atoms with van der Waals surface area (Å²) in [5.74, 6) is 1.49. The van der Waals surface area contributed by atoms with Crippen LogP contribution in [0.1, 0.15) is 44.0 Å². The molecule has 146 valence electrons. The quantitative estimate of drug-likeness (QED) is 0.786. The minimum atomic E-state index is -3.16. The molecule has 2 heterocycles. The number of nitrogens with zero attached hydrogens (tertiary/aromatic N) is 3. The zero-order valence-electron chi connectivity index (χ0n) is 15.8. The Balaban J connectivity index is 1.50. The number of carbonyl (C=O) groups is 1. The molecule has 0 atom stereocenters. The van der Waals surface area contributed by atoms with Gasteiger partial charge < -0.3 is 9.88 Å². The summed E-state index contributed by atoms with van der Waals surface area (Å²) in [5, 5.41) is 2.91. The predicted molar refractivity (Wildman–Crippen MR) is 105 cm³/mol. The largest absolute Gasteiger partial charge is 0.352 e. The van der Waals surface area contributed by atoms with Gasteiger partial charge in [-0.3, -0.25) is 9.10 Å². The molecule has 7 nitrogen and oxygen atoms in total. The Morgan fingerprint density at radius 2 is 2.00 bits per heavy atom. The lowest BCUT2D eigenvalue weighted by Gasteiger charge is -2.17. The Bertz CT molecular complexity index is 888. The number of aryl methyl sites for hydroxylation is 1. The maximum atomic E-state index is 12.1. The highest BCUT2D eigenvalue weighted by molar-refractivity contribution is 7.93. The Kier molecular flexibility index (Phi) is 5.84.